The molecule has 2 nitrogen and oxygen atoms in total. The van der Waals surface area contributed by atoms with Crippen molar-refractivity contribution >= 4 is 0 Å². The third kappa shape index (κ3) is 2.51. The van der Waals surface area contributed by atoms with Crippen molar-refractivity contribution in [3.05, 3.63) is 29.8 Å². The van der Waals surface area contributed by atoms with Gasteiger partial charge in [0.25, 0.3) is 0 Å². The third-order valence-electron chi connectivity index (χ3n) is 3.04. The first-order chi connectivity index (χ1) is 7.27. The van der Waals surface area contributed by atoms with E-state index in [9.17, 15) is 5.11 Å². The Morgan fingerprint density at radius 1 is 1.20 bits per heavy atom. The summed E-state index contributed by atoms with van der Waals surface area (Å²) in [6.45, 7) is 2.03. The minimum Gasteiger partial charge on any atom is -0.487 e. The van der Waals surface area contributed by atoms with Gasteiger partial charge in [-0.15, -0.1) is 0 Å². The van der Waals surface area contributed by atoms with Crippen LogP contribution in [-0.2, 0) is 0 Å². The van der Waals surface area contributed by atoms with E-state index in [1.807, 2.05) is 31.2 Å². The summed E-state index contributed by atoms with van der Waals surface area (Å²) in [5.74, 6) is 0.906. The molecule has 1 aliphatic rings. The fourth-order valence-corrected chi connectivity index (χ4v) is 2.07. The molecule has 2 unspecified atom stereocenters. The fourth-order valence-electron chi connectivity index (χ4n) is 2.07. The zero-order chi connectivity index (χ0) is 10.7. The van der Waals surface area contributed by atoms with Gasteiger partial charge in [-0.25, -0.2) is 0 Å². The summed E-state index contributed by atoms with van der Waals surface area (Å²) < 4.78 is 5.85. The molecule has 1 saturated carbocycles. The SMILES string of the molecule is Cc1ccccc1OC1CCCCC1O. The average Bonchev–Trinajstić information content (AvgIpc) is 2.24. The smallest absolute Gasteiger partial charge is 0.124 e. The minimum absolute atomic E-state index is 0.0140. The van der Waals surface area contributed by atoms with E-state index in [1.54, 1.807) is 0 Å². The van der Waals surface area contributed by atoms with Crippen molar-refractivity contribution in [2.75, 3.05) is 0 Å². The number of hydrogen-bond donors (Lipinski definition) is 1. The lowest BCUT2D eigenvalue weighted by Gasteiger charge is -2.28. The van der Waals surface area contributed by atoms with Gasteiger partial charge in [-0.1, -0.05) is 24.6 Å². The standard InChI is InChI=1S/C13H18O2/c1-10-6-2-4-8-12(10)15-13-9-5-3-7-11(13)14/h2,4,6,8,11,13-14H,3,5,7,9H2,1H3. The molecule has 0 radical (unpaired) electrons. The second-order valence-corrected chi connectivity index (χ2v) is 4.27. The number of rotatable bonds is 2. The first-order valence-electron chi connectivity index (χ1n) is 5.68. The first-order valence-corrected chi connectivity index (χ1v) is 5.68. The molecule has 0 spiro atoms. The highest BCUT2D eigenvalue weighted by Crippen LogP contribution is 2.25. The summed E-state index contributed by atoms with van der Waals surface area (Å²) in [5.41, 5.74) is 1.13. The molecule has 1 aromatic rings. The lowest BCUT2D eigenvalue weighted by molar-refractivity contribution is 0.00654. The number of aliphatic hydroxyl groups excluding tert-OH is 1. The van der Waals surface area contributed by atoms with Gasteiger partial charge in [-0.05, 0) is 37.8 Å². The van der Waals surface area contributed by atoms with Gasteiger partial charge in [0, 0.05) is 0 Å². The van der Waals surface area contributed by atoms with Crippen LogP contribution < -0.4 is 4.74 Å². The molecule has 0 aliphatic heterocycles. The van der Waals surface area contributed by atoms with Gasteiger partial charge in [0.15, 0.2) is 0 Å². The van der Waals surface area contributed by atoms with Crippen molar-refractivity contribution in [1.82, 2.24) is 0 Å². The summed E-state index contributed by atoms with van der Waals surface area (Å²) >= 11 is 0. The highest BCUT2D eigenvalue weighted by atomic mass is 16.5. The van der Waals surface area contributed by atoms with Gasteiger partial charge in [0.05, 0.1) is 6.10 Å². The summed E-state index contributed by atoms with van der Waals surface area (Å²) in [6, 6.07) is 7.97. The molecular formula is C13H18O2. The summed E-state index contributed by atoms with van der Waals surface area (Å²) in [7, 11) is 0. The molecule has 82 valence electrons. The van der Waals surface area contributed by atoms with E-state index in [4.69, 9.17) is 4.74 Å². The van der Waals surface area contributed by atoms with Crippen LogP contribution in [0.25, 0.3) is 0 Å². The molecular weight excluding hydrogens is 188 g/mol. The molecule has 15 heavy (non-hydrogen) atoms. The molecule has 2 heteroatoms. The molecule has 0 amide bonds. The molecule has 0 saturated heterocycles. The molecule has 0 aromatic heterocycles. The lowest BCUT2D eigenvalue weighted by atomic mass is 9.95. The predicted molar refractivity (Wildman–Crippen MR) is 60.1 cm³/mol. The Morgan fingerprint density at radius 2 is 1.93 bits per heavy atom. The van der Waals surface area contributed by atoms with E-state index in [2.05, 4.69) is 0 Å². The molecule has 1 aromatic carbocycles. The number of ether oxygens (including phenoxy) is 1. The summed E-state index contributed by atoms with van der Waals surface area (Å²) in [6.07, 6.45) is 3.81. The molecule has 1 fully saturated rings. The van der Waals surface area contributed by atoms with E-state index in [1.165, 1.54) is 0 Å². The second-order valence-electron chi connectivity index (χ2n) is 4.27. The summed E-state index contributed by atoms with van der Waals surface area (Å²) in [4.78, 5) is 0. The number of aliphatic hydroxyl groups is 1. The molecule has 0 heterocycles. The summed E-state index contributed by atoms with van der Waals surface area (Å²) in [5, 5.41) is 9.80. The van der Waals surface area contributed by atoms with Crippen LogP contribution in [-0.4, -0.2) is 17.3 Å². The normalized spacial score (nSPS) is 26.3. The van der Waals surface area contributed by atoms with Gasteiger partial charge < -0.3 is 9.84 Å². The zero-order valence-corrected chi connectivity index (χ0v) is 9.15. The predicted octanol–water partition coefficient (Wildman–Crippen LogP) is 2.68. The number of hydrogen-bond acceptors (Lipinski definition) is 2. The van der Waals surface area contributed by atoms with Crippen LogP contribution in [0.2, 0.25) is 0 Å². The fraction of sp³-hybridized carbons (Fsp3) is 0.538. The quantitative estimate of drug-likeness (QED) is 0.806. The zero-order valence-electron chi connectivity index (χ0n) is 9.15. The van der Waals surface area contributed by atoms with E-state index in [-0.39, 0.29) is 12.2 Å². The van der Waals surface area contributed by atoms with Gasteiger partial charge in [0.2, 0.25) is 0 Å². The van der Waals surface area contributed by atoms with Crippen molar-refractivity contribution in [1.29, 1.82) is 0 Å². The third-order valence-corrected chi connectivity index (χ3v) is 3.04. The monoisotopic (exact) mass is 206 g/mol. The Balaban J connectivity index is 2.04. The molecule has 2 rings (SSSR count). The highest BCUT2D eigenvalue weighted by Gasteiger charge is 2.24. The van der Waals surface area contributed by atoms with Crippen molar-refractivity contribution in [2.45, 2.75) is 44.8 Å². The van der Waals surface area contributed by atoms with Crippen LogP contribution in [0.3, 0.4) is 0 Å². The topological polar surface area (TPSA) is 29.5 Å². The lowest BCUT2D eigenvalue weighted by Crippen LogP contribution is -2.34. The Hall–Kier alpha value is -1.02. The minimum atomic E-state index is -0.293. The molecule has 2 atom stereocenters. The van der Waals surface area contributed by atoms with E-state index in [0.29, 0.717) is 0 Å². The Kier molecular flexibility index (Phi) is 3.27. The maximum atomic E-state index is 9.80. The van der Waals surface area contributed by atoms with E-state index in [0.717, 1.165) is 37.0 Å². The van der Waals surface area contributed by atoms with Crippen LogP contribution in [0.1, 0.15) is 31.2 Å². The van der Waals surface area contributed by atoms with Crippen LogP contribution in [0.4, 0.5) is 0 Å². The van der Waals surface area contributed by atoms with E-state index < -0.39 is 0 Å². The number of para-hydroxylation sites is 1. The largest absolute Gasteiger partial charge is 0.487 e. The second kappa shape index (κ2) is 4.67. The van der Waals surface area contributed by atoms with Crippen LogP contribution >= 0.6 is 0 Å². The average molecular weight is 206 g/mol. The van der Waals surface area contributed by atoms with Gasteiger partial charge in [-0.2, -0.15) is 0 Å². The van der Waals surface area contributed by atoms with Crippen molar-refractivity contribution in [3.63, 3.8) is 0 Å². The molecule has 0 bridgehead atoms. The Labute approximate surface area is 90.9 Å². The van der Waals surface area contributed by atoms with Gasteiger partial charge >= 0.3 is 0 Å². The maximum Gasteiger partial charge on any atom is 0.124 e. The van der Waals surface area contributed by atoms with Crippen molar-refractivity contribution in [3.8, 4) is 5.75 Å². The maximum absolute atomic E-state index is 9.80. The van der Waals surface area contributed by atoms with Gasteiger partial charge in [-0.3, -0.25) is 0 Å². The number of benzene rings is 1. The van der Waals surface area contributed by atoms with Gasteiger partial charge in [0.1, 0.15) is 11.9 Å². The van der Waals surface area contributed by atoms with Crippen LogP contribution in [0, 0.1) is 6.92 Å². The first kappa shape index (κ1) is 10.5. The Bertz CT molecular complexity index is 322. The molecule has 1 N–H and O–H groups in total. The van der Waals surface area contributed by atoms with Crippen molar-refractivity contribution in [2.24, 2.45) is 0 Å². The van der Waals surface area contributed by atoms with Crippen LogP contribution in [0.15, 0.2) is 24.3 Å². The van der Waals surface area contributed by atoms with Crippen molar-refractivity contribution < 1.29 is 9.84 Å². The highest BCUT2D eigenvalue weighted by molar-refractivity contribution is 5.32. The van der Waals surface area contributed by atoms with E-state index >= 15 is 0 Å². The van der Waals surface area contributed by atoms with Crippen LogP contribution in [0.5, 0.6) is 5.75 Å². The molecule has 1 aliphatic carbocycles. The number of aryl methyl sites for hydroxylation is 1. The Morgan fingerprint density at radius 3 is 2.67 bits per heavy atom.